The molecule has 4 amide bonds. The number of carbonyl (C=O) groups is 2. The van der Waals surface area contributed by atoms with Crippen LogP contribution in [0.15, 0.2) is 0 Å². The molecule has 0 aromatic heterocycles. The molecule has 1 atom stereocenters. The van der Waals surface area contributed by atoms with Gasteiger partial charge < -0.3 is 0 Å². The van der Waals surface area contributed by atoms with Gasteiger partial charge in [-0.05, 0) is 32.1 Å². The van der Waals surface area contributed by atoms with Crippen LogP contribution in [-0.2, 0) is 0 Å². The van der Waals surface area contributed by atoms with Crippen molar-refractivity contribution >= 4 is 12.1 Å². The number of hydrogen-bond acceptors (Lipinski definition) is 3. The Balaban J connectivity index is 1.52. The van der Waals surface area contributed by atoms with Crippen LogP contribution in [0.2, 0.25) is 0 Å². The summed E-state index contributed by atoms with van der Waals surface area (Å²) in [5.74, 6) is -0.517. The van der Waals surface area contributed by atoms with Crippen molar-refractivity contribution in [3.05, 3.63) is 0 Å². The highest BCUT2D eigenvalue weighted by molar-refractivity contribution is 5.96. The number of rotatable bonds is 22. The van der Waals surface area contributed by atoms with Gasteiger partial charge in [0.15, 0.2) is 5.79 Å². The maximum Gasteiger partial charge on any atom is 0.331 e. The quantitative estimate of drug-likeness (QED) is 0.121. The summed E-state index contributed by atoms with van der Waals surface area (Å²) in [5, 5.41) is 0. The lowest BCUT2D eigenvalue weighted by Gasteiger charge is -2.62. The van der Waals surface area contributed by atoms with Crippen LogP contribution >= 0.6 is 0 Å². The first-order valence-corrected chi connectivity index (χ1v) is 18.3. The maximum absolute atomic E-state index is 14.1. The zero-order valence-electron chi connectivity index (χ0n) is 27.3. The normalized spacial score (nSPS) is 21.8. The molecule has 0 aliphatic carbocycles. The summed E-state index contributed by atoms with van der Waals surface area (Å²) < 4.78 is 0. The Labute approximate surface area is 253 Å². The van der Waals surface area contributed by atoms with E-state index in [1.54, 1.807) is 4.90 Å². The molecule has 0 bridgehead atoms. The van der Waals surface area contributed by atoms with Crippen LogP contribution in [0, 0.1) is 0 Å². The SMILES string of the molecule is CCCCCCCCCCCCN1C(=O)N(CCCCCCCCCCCC)C23CCCCCN2CCCN3C1=O. The van der Waals surface area contributed by atoms with E-state index in [-0.39, 0.29) is 12.1 Å². The van der Waals surface area contributed by atoms with Crippen molar-refractivity contribution in [1.29, 1.82) is 0 Å². The number of amides is 4. The van der Waals surface area contributed by atoms with E-state index < -0.39 is 5.79 Å². The van der Waals surface area contributed by atoms with Crippen molar-refractivity contribution in [2.75, 3.05) is 32.7 Å². The molecule has 3 aliphatic rings. The summed E-state index contributed by atoms with van der Waals surface area (Å²) >= 11 is 0. The minimum absolute atomic E-state index is 0.00750. The second-order valence-electron chi connectivity index (χ2n) is 13.3. The Hall–Kier alpha value is -1.30. The number of hydrogen-bond donors (Lipinski definition) is 0. The third-order valence-electron chi connectivity index (χ3n) is 10.0. The third kappa shape index (κ3) is 10.1. The van der Waals surface area contributed by atoms with E-state index >= 15 is 0 Å². The predicted octanol–water partition coefficient (Wildman–Crippen LogP) is 9.92. The van der Waals surface area contributed by atoms with Gasteiger partial charge in [-0.3, -0.25) is 14.7 Å². The zero-order valence-corrected chi connectivity index (χ0v) is 27.3. The van der Waals surface area contributed by atoms with Gasteiger partial charge in [0.1, 0.15) is 0 Å². The molecule has 1 spiro atoms. The van der Waals surface area contributed by atoms with Crippen LogP contribution in [-0.4, -0.2) is 70.2 Å². The summed E-state index contributed by atoms with van der Waals surface area (Å²) in [5.41, 5.74) is 0. The highest BCUT2D eigenvalue weighted by Gasteiger charge is 2.58. The van der Waals surface area contributed by atoms with Gasteiger partial charge >= 0.3 is 12.1 Å². The largest absolute Gasteiger partial charge is 0.331 e. The van der Waals surface area contributed by atoms with Gasteiger partial charge in [0, 0.05) is 39.1 Å². The van der Waals surface area contributed by atoms with Gasteiger partial charge in [0.05, 0.1) is 0 Å². The maximum atomic E-state index is 14.1. The molecule has 41 heavy (non-hydrogen) atoms. The van der Waals surface area contributed by atoms with Crippen molar-refractivity contribution in [1.82, 2.24) is 19.6 Å². The van der Waals surface area contributed by atoms with Crippen LogP contribution in [0.1, 0.15) is 174 Å². The minimum Gasteiger partial charge on any atom is -0.288 e. The van der Waals surface area contributed by atoms with Crippen molar-refractivity contribution in [3.63, 3.8) is 0 Å². The molecule has 0 aromatic rings. The van der Waals surface area contributed by atoms with Crippen LogP contribution in [0.5, 0.6) is 0 Å². The lowest BCUT2D eigenvalue weighted by Crippen LogP contribution is -2.80. The van der Waals surface area contributed by atoms with Gasteiger partial charge in [-0.15, -0.1) is 0 Å². The summed E-state index contributed by atoms with van der Waals surface area (Å²) in [7, 11) is 0. The Morgan fingerprint density at radius 1 is 0.512 bits per heavy atom. The van der Waals surface area contributed by atoms with Crippen LogP contribution in [0.3, 0.4) is 0 Å². The molecule has 0 aromatic carbocycles. The fourth-order valence-corrected chi connectivity index (χ4v) is 7.58. The fraction of sp³-hybridized carbons (Fsp3) is 0.943. The standard InChI is InChI=1S/C35H66N4O2/c1-3-5-7-9-11-13-15-17-19-24-30-37-33(40)38(31-25-20-18-16-14-12-10-8-6-4-2)35-27-22-21-23-28-36(35)29-26-32-39(35)34(37)41/h3-32H2,1-2H3. The first-order chi connectivity index (χ1) is 20.2. The number of carbonyl (C=O) groups excluding carboxylic acids is 2. The van der Waals surface area contributed by atoms with Crippen LogP contribution < -0.4 is 0 Å². The Morgan fingerprint density at radius 3 is 1.56 bits per heavy atom. The number of unbranched alkanes of at least 4 members (excludes halogenated alkanes) is 18. The molecule has 1 unspecified atom stereocenters. The molecule has 0 saturated carbocycles. The predicted molar refractivity (Wildman–Crippen MR) is 172 cm³/mol. The van der Waals surface area contributed by atoms with E-state index in [9.17, 15) is 9.59 Å². The first kappa shape index (κ1) is 34.2. The van der Waals surface area contributed by atoms with E-state index in [2.05, 4.69) is 28.5 Å². The molecule has 3 heterocycles. The molecule has 3 aliphatic heterocycles. The van der Waals surface area contributed by atoms with E-state index in [1.807, 2.05) is 0 Å². The monoisotopic (exact) mass is 575 g/mol. The third-order valence-corrected chi connectivity index (χ3v) is 10.0. The molecule has 3 saturated heterocycles. The highest BCUT2D eigenvalue weighted by Crippen LogP contribution is 2.41. The summed E-state index contributed by atoms with van der Waals surface area (Å²) in [6.45, 7) is 8.70. The average Bonchev–Trinajstić information content (AvgIpc) is 3.20. The lowest BCUT2D eigenvalue weighted by atomic mass is 10.0. The second kappa shape index (κ2) is 19.8. The lowest BCUT2D eigenvalue weighted by molar-refractivity contribution is -0.169. The molecule has 0 N–H and O–H groups in total. The summed E-state index contributed by atoms with van der Waals surface area (Å²) in [6.07, 6.45) is 31.0. The number of urea groups is 2. The van der Waals surface area contributed by atoms with Crippen LogP contribution in [0.25, 0.3) is 0 Å². The smallest absolute Gasteiger partial charge is 0.288 e. The average molecular weight is 575 g/mol. The molecular weight excluding hydrogens is 508 g/mol. The van der Waals surface area contributed by atoms with Gasteiger partial charge in [0.2, 0.25) is 0 Å². The summed E-state index contributed by atoms with van der Waals surface area (Å²) in [4.78, 5) is 36.4. The van der Waals surface area contributed by atoms with E-state index in [1.165, 1.54) is 122 Å². The molecule has 3 rings (SSSR count). The van der Waals surface area contributed by atoms with Gasteiger partial charge in [-0.2, -0.15) is 0 Å². The van der Waals surface area contributed by atoms with Crippen molar-refractivity contribution < 1.29 is 9.59 Å². The summed E-state index contributed by atoms with van der Waals surface area (Å²) in [6, 6.07) is -0.0243. The Kier molecular flexibility index (Phi) is 16.5. The number of imide groups is 1. The molecule has 3 fully saturated rings. The van der Waals surface area contributed by atoms with Gasteiger partial charge in [-0.25, -0.2) is 14.5 Å². The van der Waals surface area contributed by atoms with Crippen LogP contribution in [0.4, 0.5) is 9.59 Å². The van der Waals surface area contributed by atoms with E-state index in [0.29, 0.717) is 6.54 Å². The molecule has 6 heteroatoms. The van der Waals surface area contributed by atoms with Crippen molar-refractivity contribution in [2.45, 2.75) is 180 Å². The van der Waals surface area contributed by atoms with E-state index in [0.717, 1.165) is 64.7 Å². The Morgan fingerprint density at radius 2 is 1.00 bits per heavy atom. The molecule has 6 nitrogen and oxygen atoms in total. The van der Waals surface area contributed by atoms with E-state index in [4.69, 9.17) is 0 Å². The molecule has 238 valence electrons. The minimum atomic E-state index is -0.517. The first-order valence-electron chi connectivity index (χ1n) is 18.3. The van der Waals surface area contributed by atoms with Gasteiger partial charge in [0.25, 0.3) is 0 Å². The number of nitrogens with zero attached hydrogens (tertiary/aromatic N) is 4. The van der Waals surface area contributed by atoms with Gasteiger partial charge in [-0.1, -0.05) is 136 Å². The highest BCUT2D eigenvalue weighted by atomic mass is 16.2. The topological polar surface area (TPSA) is 47.1 Å². The van der Waals surface area contributed by atoms with Crippen molar-refractivity contribution in [3.8, 4) is 0 Å². The molecular formula is C35H66N4O2. The fourth-order valence-electron chi connectivity index (χ4n) is 7.58. The second-order valence-corrected chi connectivity index (χ2v) is 13.3. The Bertz CT molecular complexity index is 731. The molecule has 0 radical (unpaired) electrons. The zero-order chi connectivity index (χ0) is 29.2. The van der Waals surface area contributed by atoms with Crippen molar-refractivity contribution in [2.24, 2.45) is 0 Å².